The van der Waals surface area contributed by atoms with Gasteiger partial charge in [0.15, 0.2) is 6.10 Å². The second kappa shape index (κ2) is 36.3. The molecule has 1 rings (SSSR count). The maximum absolute atomic E-state index is 12.3. The summed E-state index contributed by atoms with van der Waals surface area (Å²) in [6.07, 6.45) is 37.7. The Bertz CT molecular complexity index is 982. The van der Waals surface area contributed by atoms with E-state index in [0.29, 0.717) is 38.5 Å². The van der Waals surface area contributed by atoms with Gasteiger partial charge in [-0.25, -0.2) is 0 Å². The van der Waals surface area contributed by atoms with E-state index >= 15 is 0 Å². The molecule has 4 N–H and O–H groups in total. The third-order valence-electron chi connectivity index (χ3n) is 11.9. The number of rotatable bonds is 38. The molecule has 8 nitrogen and oxygen atoms in total. The molecule has 56 heavy (non-hydrogen) atoms. The van der Waals surface area contributed by atoms with Gasteiger partial charge in [-0.1, -0.05) is 186 Å². The smallest absolute Gasteiger partial charge is 0.306 e. The fraction of sp³-hybridized carbons (Fsp3) is 0.875. The first-order valence-electron chi connectivity index (χ1n) is 23.5. The van der Waals surface area contributed by atoms with Crippen LogP contribution in [0.3, 0.4) is 0 Å². The van der Waals surface area contributed by atoms with Crippen LogP contribution in [0.1, 0.15) is 213 Å². The standard InChI is InChI=1S/C48H88O8/c1-4-6-25-31-41(50)35-36-44-43(45(51)37-46(44)52)32-27-23-24-29-34-48(54)56-42(38-49)39-55-47(53)33-28-22-20-18-16-14-12-10-8-7-9-11-13-15-17-19-21-26-30-40(3)5-2/h23,27,35-36,40-46,49-52H,4-22,24-26,28-34,37-39H2,1-3H3/b27-23+,36-35+/t40?,41-,42-,43+,44+,45-,46+/m0/s1. The molecule has 1 saturated carbocycles. The SMILES string of the molecule is CCCCC[C@H](O)/C=C/[C@@H]1[C@@H](C/C=C/CCCC(=O)O[C@@H](CO)COC(=O)CCCCCCCCCCCCCCCCCCCCC(C)CC)[C@@H](O)C[C@H]1O. The van der Waals surface area contributed by atoms with Crippen LogP contribution in [0.5, 0.6) is 0 Å². The van der Waals surface area contributed by atoms with Crippen LogP contribution < -0.4 is 0 Å². The van der Waals surface area contributed by atoms with E-state index in [1.807, 2.05) is 18.2 Å². The number of aliphatic hydroxyl groups excluding tert-OH is 4. The molecular weight excluding hydrogens is 705 g/mol. The third kappa shape index (κ3) is 28.6. The molecule has 0 spiro atoms. The first-order valence-corrected chi connectivity index (χ1v) is 23.5. The van der Waals surface area contributed by atoms with Gasteiger partial charge in [-0.3, -0.25) is 9.59 Å². The molecule has 0 aromatic carbocycles. The number of esters is 2. The quantitative estimate of drug-likeness (QED) is 0.0276. The third-order valence-corrected chi connectivity index (χ3v) is 11.9. The summed E-state index contributed by atoms with van der Waals surface area (Å²) in [7, 11) is 0. The average Bonchev–Trinajstić information content (AvgIpc) is 3.46. The molecule has 1 unspecified atom stereocenters. The zero-order valence-corrected chi connectivity index (χ0v) is 36.4. The number of allylic oxidation sites excluding steroid dienone is 2. The Morgan fingerprint density at radius 2 is 1.21 bits per heavy atom. The zero-order chi connectivity index (χ0) is 41.1. The zero-order valence-electron chi connectivity index (χ0n) is 36.4. The van der Waals surface area contributed by atoms with Crippen molar-refractivity contribution in [2.24, 2.45) is 17.8 Å². The van der Waals surface area contributed by atoms with Crippen LogP contribution in [0.15, 0.2) is 24.3 Å². The van der Waals surface area contributed by atoms with Gasteiger partial charge < -0.3 is 29.9 Å². The summed E-state index contributed by atoms with van der Waals surface area (Å²) in [5, 5.41) is 40.8. The predicted octanol–water partition coefficient (Wildman–Crippen LogP) is 11.3. The molecule has 1 aliphatic rings. The van der Waals surface area contributed by atoms with Crippen molar-refractivity contribution in [3.8, 4) is 0 Å². The van der Waals surface area contributed by atoms with Gasteiger partial charge >= 0.3 is 11.9 Å². The molecule has 0 bridgehead atoms. The first kappa shape index (κ1) is 52.3. The molecule has 0 aliphatic heterocycles. The van der Waals surface area contributed by atoms with Gasteiger partial charge in [0.25, 0.3) is 0 Å². The van der Waals surface area contributed by atoms with Gasteiger partial charge in [0.05, 0.1) is 24.9 Å². The van der Waals surface area contributed by atoms with Gasteiger partial charge in [0, 0.05) is 25.2 Å². The second-order valence-corrected chi connectivity index (χ2v) is 17.1. The number of hydrogen-bond donors (Lipinski definition) is 4. The lowest BCUT2D eigenvalue weighted by atomic mass is 9.89. The van der Waals surface area contributed by atoms with Crippen molar-refractivity contribution in [1.29, 1.82) is 0 Å². The van der Waals surface area contributed by atoms with Crippen LogP contribution in [0.2, 0.25) is 0 Å². The summed E-state index contributed by atoms with van der Waals surface area (Å²) in [6, 6.07) is 0. The molecule has 0 amide bonds. The lowest BCUT2D eigenvalue weighted by Crippen LogP contribution is -2.28. The van der Waals surface area contributed by atoms with Crippen molar-refractivity contribution in [2.45, 2.75) is 238 Å². The van der Waals surface area contributed by atoms with Gasteiger partial charge in [-0.2, -0.15) is 0 Å². The Labute approximate surface area is 343 Å². The predicted molar refractivity (Wildman–Crippen MR) is 230 cm³/mol. The Balaban J connectivity index is 2.01. The molecule has 1 aliphatic carbocycles. The van der Waals surface area contributed by atoms with Crippen molar-refractivity contribution in [2.75, 3.05) is 13.2 Å². The van der Waals surface area contributed by atoms with E-state index in [2.05, 4.69) is 20.8 Å². The minimum Gasteiger partial charge on any atom is -0.462 e. The highest BCUT2D eigenvalue weighted by atomic mass is 16.6. The highest BCUT2D eigenvalue weighted by molar-refractivity contribution is 5.70. The van der Waals surface area contributed by atoms with E-state index in [1.54, 1.807) is 6.08 Å². The van der Waals surface area contributed by atoms with Crippen LogP contribution in [0, 0.1) is 17.8 Å². The fourth-order valence-corrected chi connectivity index (χ4v) is 7.82. The summed E-state index contributed by atoms with van der Waals surface area (Å²) in [6.45, 7) is 6.26. The lowest BCUT2D eigenvalue weighted by Gasteiger charge is -2.19. The number of hydrogen-bond acceptors (Lipinski definition) is 8. The van der Waals surface area contributed by atoms with Crippen molar-refractivity contribution < 1.29 is 39.5 Å². The molecular formula is C48H88O8. The maximum Gasteiger partial charge on any atom is 0.306 e. The summed E-state index contributed by atoms with van der Waals surface area (Å²) < 4.78 is 10.6. The van der Waals surface area contributed by atoms with Crippen molar-refractivity contribution in [1.82, 2.24) is 0 Å². The van der Waals surface area contributed by atoms with Gasteiger partial charge in [-0.15, -0.1) is 0 Å². The van der Waals surface area contributed by atoms with Crippen molar-refractivity contribution >= 4 is 11.9 Å². The van der Waals surface area contributed by atoms with Crippen LogP contribution in [0.4, 0.5) is 0 Å². The van der Waals surface area contributed by atoms with E-state index in [0.717, 1.165) is 44.4 Å². The monoisotopic (exact) mass is 793 g/mol. The second-order valence-electron chi connectivity index (χ2n) is 17.1. The number of carbonyl (C=O) groups excluding carboxylic acids is 2. The minimum absolute atomic E-state index is 0.124. The Kier molecular flexibility index (Phi) is 33.9. The number of carbonyl (C=O) groups is 2. The van der Waals surface area contributed by atoms with Crippen LogP contribution in [-0.2, 0) is 19.1 Å². The van der Waals surface area contributed by atoms with Crippen molar-refractivity contribution in [3.05, 3.63) is 24.3 Å². The molecule has 1 fully saturated rings. The van der Waals surface area contributed by atoms with Crippen LogP contribution in [0.25, 0.3) is 0 Å². The van der Waals surface area contributed by atoms with E-state index in [1.165, 1.54) is 109 Å². The Morgan fingerprint density at radius 3 is 1.77 bits per heavy atom. The summed E-state index contributed by atoms with van der Waals surface area (Å²) in [4.78, 5) is 24.5. The topological polar surface area (TPSA) is 134 Å². The Morgan fingerprint density at radius 1 is 0.679 bits per heavy atom. The Hall–Kier alpha value is -1.74. The molecule has 0 aromatic rings. The molecule has 0 saturated heterocycles. The average molecular weight is 793 g/mol. The molecule has 8 heteroatoms. The van der Waals surface area contributed by atoms with E-state index in [4.69, 9.17) is 9.47 Å². The summed E-state index contributed by atoms with van der Waals surface area (Å²) in [5.74, 6) is -0.187. The molecule has 7 atom stereocenters. The van der Waals surface area contributed by atoms with E-state index in [-0.39, 0.29) is 30.8 Å². The van der Waals surface area contributed by atoms with Gasteiger partial charge in [0.2, 0.25) is 0 Å². The number of ether oxygens (including phenoxy) is 2. The summed E-state index contributed by atoms with van der Waals surface area (Å²) in [5.41, 5.74) is 0. The molecule has 0 radical (unpaired) electrons. The van der Waals surface area contributed by atoms with Gasteiger partial charge in [-0.05, 0) is 43.9 Å². The van der Waals surface area contributed by atoms with E-state index in [9.17, 15) is 30.0 Å². The fourth-order valence-electron chi connectivity index (χ4n) is 7.82. The molecule has 0 heterocycles. The van der Waals surface area contributed by atoms with Crippen molar-refractivity contribution in [3.63, 3.8) is 0 Å². The first-order chi connectivity index (χ1) is 27.2. The van der Waals surface area contributed by atoms with Crippen LogP contribution >= 0.6 is 0 Å². The lowest BCUT2D eigenvalue weighted by molar-refractivity contribution is -0.161. The highest BCUT2D eigenvalue weighted by Gasteiger charge is 2.39. The maximum atomic E-state index is 12.3. The number of aliphatic hydroxyl groups is 4. The normalized spacial score (nSPS) is 20.2. The van der Waals surface area contributed by atoms with Gasteiger partial charge in [0.1, 0.15) is 6.61 Å². The van der Waals surface area contributed by atoms with E-state index < -0.39 is 37.0 Å². The minimum atomic E-state index is -0.864. The van der Waals surface area contributed by atoms with Crippen LogP contribution in [-0.4, -0.2) is 70.0 Å². The molecule has 0 aromatic heterocycles. The number of unbranched alkanes of at least 4 members (excludes halogenated alkanes) is 20. The summed E-state index contributed by atoms with van der Waals surface area (Å²) >= 11 is 0. The highest BCUT2D eigenvalue weighted by Crippen LogP contribution is 2.36. The molecule has 328 valence electrons. The largest absolute Gasteiger partial charge is 0.462 e.